The van der Waals surface area contributed by atoms with Gasteiger partial charge >= 0.3 is 0 Å². The highest BCUT2D eigenvalue weighted by atomic mass is 127. The average Bonchev–Trinajstić information content (AvgIpc) is 2.69. The van der Waals surface area contributed by atoms with Crippen molar-refractivity contribution in [2.75, 3.05) is 22.2 Å². The third-order valence-electron chi connectivity index (χ3n) is 3.76. The first kappa shape index (κ1) is 20.3. The number of hydrogen-bond acceptors (Lipinski definition) is 5. The van der Waals surface area contributed by atoms with Gasteiger partial charge in [-0.1, -0.05) is 40.3 Å². The van der Waals surface area contributed by atoms with Gasteiger partial charge in [-0.25, -0.2) is 14.4 Å². The zero-order valence-electron chi connectivity index (χ0n) is 14.7. The molecule has 0 bridgehead atoms. The number of allylic oxidation sites excluding steroid dienone is 1. The molecule has 0 saturated heterocycles. The summed E-state index contributed by atoms with van der Waals surface area (Å²) in [5, 5.41) is 6.53. The van der Waals surface area contributed by atoms with Gasteiger partial charge in [-0.2, -0.15) is 0 Å². The Labute approximate surface area is 179 Å². The van der Waals surface area contributed by atoms with Crippen molar-refractivity contribution in [2.24, 2.45) is 0 Å². The molecule has 0 spiro atoms. The Morgan fingerprint density at radius 1 is 1.32 bits per heavy atom. The average molecular weight is 513 g/mol. The first-order chi connectivity index (χ1) is 13.5. The molecule has 1 amide bonds. The van der Waals surface area contributed by atoms with E-state index in [4.69, 9.17) is 16.3 Å². The van der Waals surface area contributed by atoms with Gasteiger partial charge in [0.05, 0.1) is 23.3 Å². The van der Waals surface area contributed by atoms with E-state index in [1.54, 1.807) is 24.3 Å². The second-order valence-corrected chi connectivity index (χ2v) is 6.88. The molecule has 9 heteroatoms. The van der Waals surface area contributed by atoms with Gasteiger partial charge in [0.15, 0.2) is 0 Å². The van der Waals surface area contributed by atoms with E-state index in [0.29, 0.717) is 33.8 Å². The van der Waals surface area contributed by atoms with Crippen molar-refractivity contribution in [1.29, 1.82) is 0 Å². The standard InChI is InChI=1S/C19H15ClFIN4O2/c1-28-17-9-15-12(8-16(17)26-18(27)3-2-6-22)19(24-10-23-15)25-11-4-5-14(21)13(20)7-11/h2-5,7-10H,6H2,1H3,(H,26,27)(H,23,24,25)/b3-2+. The monoisotopic (exact) mass is 512 g/mol. The number of aromatic nitrogens is 2. The van der Waals surface area contributed by atoms with E-state index < -0.39 is 5.82 Å². The zero-order valence-corrected chi connectivity index (χ0v) is 17.6. The highest BCUT2D eigenvalue weighted by Crippen LogP contribution is 2.33. The molecule has 0 aliphatic carbocycles. The summed E-state index contributed by atoms with van der Waals surface area (Å²) in [5.74, 6) is 0.173. The van der Waals surface area contributed by atoms with Crippen LogP contribution < -0.4 is 15.4 Å². The lowest BCUT2D eigenvalue weighted by Crippen LogP contribution is -2.09. The van der Waals surface area contributed by atoms with Gasteiger partial charge < -0.3 is 15.4 Å². The fourth-order valence-electron chi connectivity index (χ4n) is 2.49. The molecular formula is C19H15ClFIN4O2. The van der Waals surface area contributed by atoms with Crippen LogP contribution in [0.1, 0.15) is 0 Å². The van der Waals surface area contributed by atoms with E-state index in [-0.39, 0.29) is 10.9 Å². The fraction of sp³-hybridized carbons (Fsp3) is 0.105. The highest BCUT2D eigenvalue weighted by Gasteiger charge is 2.12. The molecule has 6 nitrogen and oxygen atoms in total. The maximum absolute atomic E-state index is 13.4. The number of anilines is 3. The normalized spacial score (nSPS) is 11.0. The van der Waals surface area contributed by atoms with Crippen LogP contribution in [0, 0.1) is 5.82 Å². The molecule has 0 aliphatic heterocycles. The number of benzene rings is 2. The van der Waals surface area contributed by atoms with Crippen LogP contribution in [0.3, 0.4) is 0 Å². The van der Waals surface area contributed by atoms with Crippen molar-refractivity contribution in [3.05, 3.63) is 59.7 Å². The van der Waals surface area contributed by atoms with Crippen LogP contribution in [0.5, 0.6) is 5.75 Å². The Morgan fingerprint density at radius 2 is 2.14 bits per heavy atom. The molecule has 2 N–H and O–H groups in total. The number of alkyl halides is 1. The summed E-state index contributed by atoms with van der Waals surface area (Å²) in [6, 6.07) is 7.71. The first-order valence-corrected chi connectivity index (χ1v) is 10.0. The zero-order chi connectivity index (χ0) is 20.1. The third-order valence-corrected chi connectivity index (χ3v) is 4.55. The quantitative estimate of drug-likeness (QED) is 0.273. The number of amides is 1. The van der Waals surface area contributed by atoms with E-state index in [2.05, 4.69) is 43.2 Å². The van der Waals surface area contributed by atoms with Crippen LogP contribution in [0.25, 0.3) is 10.9 Å². The van der Waals surface area contributed by atoms with Gasteiger partial charge in [-0.3, -0.25) is 4.79 Å². The number of hydrogen-bond donors (Lipinski definition) is 2. The molecule has 1 heterocycles. The number of halogens is 3. The Hall–Kier alpha value is -2.46. The van der Waals surface area contributed by atoms with E-state index in [0.717, 1.165) is 4.43 Å². The van der Waals surface area contributed by atoms with E-state index in [9.17, 15) is 9.18 Å². The smallest absolute Gasteiger partial charge is 0.248 e. The second-order valence-electron chi connectivity index (χ2n) is 5.59. The van der Waals surface area contributed by atoms with Crippen molar-refractivity contribution in [3.63, 3.8) is 0 Å². The summed E-state index contributed by atoms with van der Waals surface area (Å²) in [4.78, 5) is 20.6. The topological polar surface area (TPSA) is 76.1 Å². The predicted octanol–water partition coefficient (Wildman–Crippen LogP) is 5.10. The molecule has 3 aromatic rings. The molecule has 28 heavy (non-hydrogen) atoms. The van der Waals surface area contributed by atoms with Crippen LogP contribution in [-0.2, 0) is 4.79 Å². The molecule has 0 aliphatic rings. The van der Waals surface area contributed by atoms with Crippen LogP contribution in [0.4, 0.5) is 21.6 Å². The molecule has 2 aromatic carbocycles. The molecule has 0 unspecified atom stereocenters. The van der Waals surface area contributed by atoms with Crippen molar-refractivity contribution >= 4 is 68.2 Å². The Balaban J connectivity index is 2.01. The van der Waals surface area contributed by atoms with E-state index in [1.807, 2.05) is 0 Å². The van der Waals surface area contributed by atoms with E-state index in [1.165, 1.54) is 31.6 Å². The SMILES string of the molecule is COc1cc2ncnc(Nc3ccc(F)c(Cl)c3)c2cc1NC(=O)/C=C/CI. The Morgan fingerprint density at radius 3 is 2.86 bits per heavy atom. The number of nitrogens with zero attached hydrogens (tertiary/aromatic N) is 2. The summed E-state index contributed by atoms with van der Waals surface area (Å²) in [7, 11) is 1.51. The minimum atomic E-state index is -0.506. The lowest BCUT2D eigenvalue weighted by molar-refractivity contribution is -0.111. The second kappa shape index (κ2) is 9.16. The maximum Gasteiger partial charge on any atom is 0.248 e. The van der Waals surface area contributed by atoms with Crippen LogP contribution in [-0.4, -0.2) is 27.4 Å². The number of carbonyl (C=O) groups is 1. The minimum Gasteiger partial charge on any atom is -0.494 e. The molecule has 3 rings (SSSR count). The van der Waals surface area contributed by atoms with Crippen LogP contribution >= 0.6 is 34.2 Å². The largest absolute Gasteiger partial charge is 0.494 e. The number of nitrogens with one attached hydrogen (secondary N) is 2. The molecule has 0 atom stereocenters. The highest BCUT2D eigenvalue weighted by molar-refractivity contribution is 14.1. The summed E-state index contributed by atoms with van der Waals surface area (Å²) < 4.78 is 19.5. The summed E-state index contributed by atoms with van der Waals surface area (Å²) in [6.45, 7) is 0. The lowest BCUT2D eigenvalue weighted by Gasteiger charge is -2.13. The summed E-state index contributed by atoms with van der Waals surface area (Å²) in [5.41, 5.74) is 1.66. The molecule has 0 radical (unpaired) electrons. The molecule has 0 saturated carbocycles. The van der Waals surface area contributed by atoms with Crippen LogP contribution in [0.15, 0.2) is 48.8 Å². The summed E-state index contributed by atoms with van der Waals surface area (Å²) in [6.07, 6.45) is 4.60. The molecule has 144 valence electrons. The molecule has 0 fully saturated rings. The molecular weight excluding hydrogens is 498 g/mol. The van der Waals surface area contributed by atoms with Gasteiger partial charge in [0.1, 0.15) is 23.7 Å². The number of methoxy groups -OCH3 is 1. The molecule has 1 aromatic heterocycles. The van der Waals surface area contributed by atoms with Crippen LogP contribution in [0.2, 0.25) is 5.02 Å². The fourth-order valence-corrected chi connectivity index (χ4v) is 2.92. The predicted molar refractivity (Wildman–Crippen MR) is 117 cm³/mol. The minimum absolute atomic E-state index is 0.0000309. The number of carbonyl (C=O) groups excluding carboxylic acids is 1. The Kier molecular flexibility index (Phi) is 6.63. The van der Waals surface area contributed by atoms with Gasteiger partial charge in [0, 0.05) is 27.6 Å². The van der Waals surface area contributed by atoms with Gasteiger partial charge in [0.25, 0.3) is 0 Å². The third kappa shape index (κ3) is 4.68. The maximum atomic E-state index is 13.4. The van der Waals surface area contributed by atoms with Crippen molar-refractivity contribution in [1.82, 2.24) is 9.97 Å². The van der Waals surface area contributed by atoms with Crippen molar-refractivity contribution in [3.8, 4) is 5.75 Å². The number of rotatable bonds is 6. The Bertz CT molecular complexity index is 1060. The number of fused-ring (bicyclic) bond motifs is 1. The first-order valence-electron chi connectivity index (χ1n) is 8.10. The number of ether oxygens (including phenoxy) is 1. The van der Waals surface area contributed by atoms with E-state index >= 15 is 0 Å². The van der Waals surface area contributed by atoms with Crippen molar-refractivity contribution < 1.29 is 13.9 Å². The van der Waals surface area contributed by atoms with Gasteiger partial charge in [-0.15, -0.1) is 0 Å². The lowest BCUT2D eigenvalue weighted by atomic mass is 10.1. The summed E-state index contributed by atoms with van der Waals surface area (Å²) >= 11 is 7.99. The van der Waals surface area contributed by atoms with Crippen molar-refractivity contribution in [2.45, 2.75) is 0 Å². The van der Waals surface area contributed by atoms with Gasteiger partial charge in [-0.05, 0) is 24.3 Å². The van der Waals surface area contributed by atoms with Gasteiger partial charge in [0.2, 0.25) is 5.91 Å².